The molecule has 2 saturated heterocycles. The van der Waals surface area contributed by atoms with E-state index in [9.17, 15) is 13.6 Å². The number of carbonyl (C=O) groups excluding carboxylic acids is 1. The van der Waals surface area contributed by atoms with Gasteiger partial charge in [0.05, 0.1) is 11.3 Å². The molecule has 1 N–H and O–H groups in total. The van der Waals surface area contributed by atoms with Gasteiger partial charge in [0.15, 0.2) is 0 Å². The lowest BCUT2D eigenvalue weighted by Crippen LogP contribution is -2.39. The van der Waals surface area contributed by atoms with Gasteiger partial charge in [0.2, 0.25) is 5.91 Å². The van der Waals surface area contributed by atoms with Gasteiger partial charge in [0.25, 0.3) is 11.8 Å². The monoisotopic (exact) mass is 417 g/mol. The molecule has 0 radical (unpaired) electrons. The minimum Gasteiger partial charge on any atom is -0.403 e. The number of aromatic nitrogens is 2. The number of carbonyl (C=O) groups is 1. The van der Waals surface area contributed by atoms with Crippen molar-refractivity contribution in [1.82, 2.24) is 10.2 Å². The lowest BCUT2D eigenvalue weighted by Gasteiger charge is -2.30. The molecule has 160 valence electrons. The molecule has 2 aromatic rings. The summed E-state index contributed by atoms with van der Waals surface area (Å²) < 4.78 is 32.8. The summed E-state index contributed by atoms with van der Waals surface area (Å²) in [5.41, 5.74) is 2.50. The van der Waals surface area contributed by atoms with Gasteiger partial charge in [-0.1, -0.05) is 5.10 Å². The van der Waals surface area contributed by atoms with E-state index in [1.54, 1.807) is 4.90 Å². The topological polar surface area (TPSA) is 74.5 Å². The number of benzene rings is 1. The van der Waals surface area contributed by atoms with Crippen molar-refractivity contribution < 1.29 is 18.0 Å². The van der Waals surface area contributed by atoms with Crippen LogP contribution in [-0.2, 0) is 4.79 Å². The van der Waals surface area contributed by atoms with Crippen LogP contribution in [0.4, 0.5) is 26.2 Å². The smallest absolute Gasteiger partial charge is 0.318 e. The first-order valence-corrected chi connectivity index (χ1v) is 10.6. The zero-order chi connectivity index (χ0) is 20.7. The van der Waals surface area contributed by atoms with Crippen LogP contribution >= 0.6 is 0 Å². The molecule has 1 aliphatic carbocycles. The van der Waals surface area contributed by atoms with Crippen LogP contribution in [-0.4, -0.2) is 48.2 Å². The molecule has 0 bridgehead atoms. The zero-order valence-electron chi connectivity index (χ0n) is 16.7. The fourth-order valence-corrected chi connectivity index (χ4v) is 4.08. The number of alkyl halides is 2. The Balaban J connectivity index is 1.40. The maximum Gasteiger partial charge on any atom is 0.318 e. The SMILES string of the molecule is O=C(Nc1ccc(-c2nnc(N3CCC(F)(F)CC3)o2)c(N2CCCC2)c1)C1CC1. The first-order chi connectivity index (χ1) is 14.5. The van der Waals surface area contributed by atoms with E-state index in [-0.39, 0.29) is 43.8 Å². The Bertz CT molecular complexity index is 927. The number of amides is 1. The Hall–Kier alpha value is -2.71. The van der Waals surface area contributed by atoms with E-state index in [4.69, 9.17) is 4.42 Å². The molecule has 3 aliphatic rings. The highest BCUT2D eigenvalue weighted by molar-refractivity contribution is 5.95. The molecule has 3 fully saturated rings. The molecule has 1 amide bonds. The highest BCUT2D eigenvalue weighted by Gasteiger charge is 2.36. The van der Waals surface area contributed by atoms with Crippen LogP contribution < -0.4 is 15.1 Å². The fourth-order valence-electron chi connectivity index (χ4n) is 4.08. The standard InChI is InChI=1S/C21H25F2N5O2/c22-21(23)7-11-28(12-8-21)20-26-25-19(30-20)16-6-5-15(24-18(29)14-3-4-14)13-17(16)27-9-1-2-10-27/h5-6,13-14H,1-4,7-12H2,(H,24,29). The van der Waals surface area contributed by atoms with Crippen molar-refractivity contribution in [3.63, 3.8) is 0 Å². The summed E-state index contributed by atoms with van der Waals surface area (Å²) in [7, 11) is 0. The molecule has 30 heavy (non-hydrogen) atoms. The number of hydrogen-bond donors (Lipinski definition) is 1. The number of hydrogen-bond acceptors (Lipinski definition) is 6. The van der Waals surface area contributed by atoms with Gasteiger partial charge in [0, 0.05) is 50.6 Å². The first-order valence-electron chi connectivity index (χ1n) is 10.6. The molecule has 0 unspecified atom stereocenters. The molecule has 1 aromatic heterocycles. The van der Waals surface area contributed by atoms with Gasteiger partial charge in [-0.15, -0.1) is 5.10 Å². The van der Waals surface area contributed by atoms with Gasteiger partial charge in [-0.05, 0) is 43.9 Å². The van der Waals surface area contributed by atoms with Crippen molar-refractivity contribution in [1.29, 1.82) is 0 Å². The number of nitrogens with one attached hydrogen (secondary N) is 1. The summed E-state index contributed by atoms with van der Waals surface area (Å²) in [6.45, 7) is 2.24. The molecule has 5 rings (SSSR count). The fraction of sp³-hybridized carbons (Fsp3) is 0.571. The third-order valence-corrected chi connectivity index (χ3v) is 6.07. The van der Waals surface area contributed by atoms with Gasteiger partial charge >= 0.3 is 6.01 Å². The van der Waals surface area contributed by atoms with E-state index >= 15 is 0 Å². The van der Waals surface area contributed by atoms with Crippen LogP contribution in [0, 0.1) is 5.92 Å². The van der Waals surface area contributed by atoms with Crippen molar-refractivity contribution in [3.05, 3.63) is 18.2 Å². The second-order valence-electron chi connectivity index (χ2n) is 8.42. The molecule has 7 nitrogen and oxygen atoms in total. The minimum absolute atomic E-state index is 0.0668. The summed E-state index contributed by atoms with van der Waals surface area (Å²) in [5, 5.41) is 11.3. The number of nitrogens with zero attached hydrogens (tertiary/aromatic N) is 4. The Kier molecular flexibility index (Phi) is 4.83. The van der Waals surface area contributed by atoms with Crippen LogP contribution in [0.2, 0.25) is 0 Å². The Morgan fingerprint density at radius 3 is 2.50 bits per heavy atom. The highest BCUT2D eigenvalue weighted by Crippen LogP contribution is 2.37. The molecule has 1 aromatic carbocycles. The molecule has 2 aliphatic heterocycles. The highest BCUT2D eigenvalue weighted by atomic mass is 19.3. The second kappa shape index (κ2) is 7.52. The maximum atomic E-state index is 13.4. The van der Waals surface area contributed by atoms with Crippen LogP contribution in [0.1, 0.15) is 38.5 Å². The zero-order valence-corrected chi connectivity index (χ0v) is 16.7. The Labute approximate surface area is 173 Å². The molecular formula is C21H25F2N5O2. The van der Waals surface area contributed by atoms with Crippen molar-refractivity contribution in [3.8, 4) is 11.5 Å². The van der Waals surface area contributed by atoms with Gasteiger partial charge in [0.1, 0.15) is 0 Å². The molecule has 1 saturated carbocycles. The van der Waals surface area contributed by atoms with E-state index in [2.05, 4.69) is 20.4 Å². The van der Waals surface area contributed by atoms with E-state index in [1.807, 2.05) is 18.2 Å². The largest absolute Gasteiger partial charge is 0.403 e. The van der Waals surface area contributed by atoms with E-state index < -0.39 is 5.92 Å². The quantitative estimate of drug-likeness (QED) is 0.795. The Morgan fingerprint density at radius 2 is 1.80 bits per heavy atom. The molecule has 9 heteroatoms. The summed E-state index contributed by atoms with van der Waals surface area (Å²) in [6.07, 6.45) is 3.70. The summed E-state index contributed by atoms with van der Waals surface area (Å²) in [5.74, 6) is -2.06. The first kappa shape index (κ1) is 19.3. The van der Waals surface area contributed by atoms with Crippen LogP contribution in [0.15, 0.2) is 22.6 Å². The third kappa shape index (κ3) is 3.97. The number of rotatable bonds is 5. The summed E-state index contributed by atoms with van der Waals surface area (Å²) >= 11 is 0. The average Bonchev–Trinajstić information content (AvgIpc) is 3.23. The molecule has 0 spiro atoms. The van der Waals surface area contributed by atoms with Crippen molar-refractivity contribution in [2.75, 3.05) is 41.3 Å². The van der Waals surface area contributed by atoms with E-state index in [0.29, 0.717) is 5.89 Å². The summed E-state index contributed by atoms with van der Waals surface area (Å²) in [4.78, 5) is 16.1. The predicted molar refractivity (Wildman–Crippen MR) is 109 cm³/mol. The summed E-state index contributed by atoms with van der Waals surface area (Å²) in [6, 6.07) is 5.98. The second-order valence-corrected chi connectivity index (χ2v) is 8.42. The predicted octanol–water partition coefficient (Wildman–Crippen LogP) is 3.92. The van der Waals surface area contributed by atoms with Crippen molar-refractivity contribution >= 4 is 23.3 Å². The molecule has 0 atom stereocenters. The number of anilines is 3. The van der Waals surface area contributed by atoms with Gasteiger partial charge in [-0.25, -0.2) is 8.78 Å². The normalized spacial score (nSPS) is 21.1. The molecular weight excluding hydrogens is 392 g/mol. The van der Waals surface area contributed by atoms with E-state index in [0.717, 1.165) is 55.7 Å². The van der Waals surface area contributed by atoms with Gasteiger partial charge < -0.3 is 19.5 Å². The number of piperidine rings is 1. The average molecular weight is 417 g/mol. The third-order valence-electron chi connectivity index (χ3n) is 6.07. The van der Waals surface area contributed by atoms with Gasteiger partial charge in [-0.2, -0.15) is 0 Å². The Morgan fingerprint density at radius 1 is 1.07 bits per heavy atom. The lowest BCUT2D eigenvalue weighted by atomic mass is 10.1. The van der Waals surface area contributed by atoms with Crippen LogP contribution in [0.25, 0.3) is 11.5 Å². The van der Waals surface area contributed by atoms with Crippen molar-refractivity contribution in [2.45, 2.75) is 44.4 Å². The van der Waals surface area contributed by atoms with E-state index in [1.165, 1.54) is 0 Å². The minimum atomic E-state index is -2.62. The van der Waals surface area contributed by atoms with Crippen LogP contribution in [0.3, 0.4) is 0 Å². The van der Waals surface area contributed by atoms with Gasteiger partial charge in [-0.3, -0.25) is 4.79 Å². The van der Waals surface area contributed by atoms with Crippen molar-refractivity contribution in [2.24, 2.45) is 5.92 Å². The van der Waals surface area contributed by atoms with Crippen LogP contribution in [0.5, 0.6) is 0 Å². The molecule has 3 heterocycles. The lowest BCUT2D eigenvalue weighted by molar-refractivity contribution is -0.117. The number of halogens is 2. The maximum absolute atomic E-state index is 13.4.